The topological polar surface area (TPSA) is 78.8 Å². The number of rotatable bonds is 5. The molecule has 3 N–H and O–H groups in total. The maximum Gasteiger partial charge on any atom is 0.407 e. The van der Waals surface area contributed by atoms with Crippen LogP contribution in [0, 0.1) is 5.82 Å². The zero-order chi connectivity index (χ0) is 16.1. The lowest BCUT2D eigenvalue weighted by atomic mass is 9.95. The van der Waals surface area contributed by atoms with Gasteiger partial charge in [-0.1, -0.05) is 18.2 Å². The van der Waals surface area contributed by atoms with Crippen molar-refractivity contribution >= 4 is 6.09 Å². The van der Waals surface area contributed by atoms with Crippen LogP contribution in [-0.4, -0.2) is 40.7 Å². The third-order valence-electron chi connectivity index (χ3n) is 2.73. The number of hydrogen-bond donors (Lipinski definition) is 3. The molecule has 6 heteroatoms. The highest BCUT2D eigenvalue weighted by Gasteiger charge is 2.29. The average Bonchev–Trinajstić information content (AvgIpc) is 2.37. The van der Waals surface area contributed by atoms with Crippen molar-refractivity contribution in [3.8, 4) is 0 Å². The van der Waals surface area contributed by atoms with Gasteiger partial charge >= 0.3 is 6.09 Å². The molecule has 0 spiro atoms. The number of carbonyl (C=O) groups excluding carboxylic acids is 1. The number of aliphatic hydroxyl groups is 2. The molecule has 1 aromatic carbocycles. The normalized spacial score (nSPS) is 14.4. The average molecular weight is 299 g/mol. The molecule has 0 fully saturated rings. The maximum absolute atomic E-state index is 13.6. The lowest BCUT2D eigenvalue weighted by Gasteiger charge is -2.27. The molecule has 21 heavy (non-hydrogen) atoms. The summed E-state index contributed by atoms with van der Waals surface area (Å²) in [5.74, 6) is -0.471. The summed E-state index contributed by atoms with van der Waals surface area (Å²) in [6.07, 6.45) is -0.825. The number of carbonyl (C=O) groups is 1. The van der Waals surface area contributed by atoms with Gasteiger partial charge in [0.15, 0.2) is 0 Å². The van der Waals surface area contributed by atoms with Gasteiger partial charge in [-0.3, -0.25) is 0 Å². The Bertz CT molecular complexity index is 487. The minimum atomic E-state index is -1.65. The maximum atomic E-state index is 13.6. The van der Waals surface area contributed by atoms with Crippen LogP contribution in [0.15, 0.2) is 24.3 Å². The lowest BCUT2D eigenvalue weighted by Crippen LogP contribution is -2.48. The summed E-state index contributed by atoms with van der Waals surface area (Å²) in [6.45, 7) is 4.28. The van der Waals surface area contributed by atoms with Crippen LogP contribution in [0.4, 0.5) is 9.18 Å². The van der Waals surface area contributed by atoms with Gasteiger partial charge in [-0.05, 0) is 32.4 Å². The molecule has 1 amide bonds. The molecule has 0 aliphatic carbocycles. The molecule has 0 aromatic heterocycles. The van der Waals surface area contributed by atoms with E-state index in [1.54, 1.807) is 26.8 Å². The van der Waals surface area contributed by atoms with Crippen molar-refractivity contribution in [2.45, 2.75) is 38.4 Å². The van der Waals surface area contributed by atoms with E-state index in [0.29, 0.717) is 0 Å². The number of halogens is 1. The van der Waals surface area contributed by atoms with E-state index in [-0.39, 0.29) is 18.5 Å². The molecule has 0 aliphatic rings. The van der Waals surface area contributed by atoms with Crippen molar-refractivity contribution in [1.29, 1.82) is 0 Å². The Morgan fingerprint density at radius 3 is 2.48 bits per heavy atom. The van der Waals surface area contributed by atoms with Crippen molar-refractivity contribution in [3.63, 3.8) is 0 Å². The first-order valence-electron chi connectivity index (χ1n) is 6.69. The van der Waals surface area contributed by atoms with Crippen LogP contribution < -0.4 is 5.32 Å². The van der Waals surface area contributed by atoms with Gasteiger partial charge in [-0.2, -0.15) is 0 Å². The van der Waals surface area contributed by atoms with Crippen molar-refractivity contribution in [2.24, 2.45) is 0 Å². The summed E-state index contributed by atoms with van der Waals surface area (Å²) in [4.78, 5) is 11.5. The van der Waals surface area contributed by atoms with E-state index in [2.05, 4.69) is 5.32 Å². The number of ether oxygens (including phenoxy) is 1. The molecule has 0 radical (unpaired) electrons. The van der Waals surface area contributed by atoms with Crippen LogP contribution in [0.5, 0.6) is 0 Å². The van der Waals surface area contributed by atoms with Crippen LogP contribution in [-0.2, 0) is 11.2 Å². The fraction of sp³-hybridized carbons (Fsp3) is 0.533. The molecule has 5 nitrogen and oxygen atoms in total. The van der Waals surface area contributed by atoms with Gasteiger partial charge in [-0.15, -0.1) is 0 Å². The number of hydrogen-bond acceptors (Lipinski definition) is 4. The van der Waals surface area contributed by atoms with Crippen LogP contribution >= 0.6 is 0 Å². The SMILES string of the molecule is CC(C)(C)OC(=O)NCC(O)(CO)Cc1ccccc1F. The number of nitrogens with one attached hydrogen (secondary N) is 1. The van der Waals surface area contributed by atoms with E-state index >= 15 is 0 Å². The van der Waals surface area contributed by atoms with Gasteiger partial charge in [0, 0.05) is 6.42 Å². The number of alkyl carbamates (subject to hydrolysis) is 1. The summed E-state index contributed by atoms with van der Waals surface area (Å²) >= 11 is 0. The quantitative estimate of drug-likeness (QED) is 0.772. The Kier molecular flexibility index (Phi) is 5.69. The molecular formula is C15H22FNO4. The van der Waals surface area contributed by atoms with Gasteiger partial charge in [0.05, 0.1) is 13.2 Å². The van der Waals surface area contributed by atoms with Crippen molar-refractivity contribution in [3.05, 3.63) is 35.6 Å². The second-order valence-corrected chi connectivity index (χ2v) is 6.01. The van der Waals surface area contributed by atoms with E-state index in [9.17, 15) is 19.4 Å². The summed E-state index contributed by atoms with van der Waals surface area (Å²) in [7, 11) is 0. The largest absolute Gasteiger partial charge is 0.444 e. The highest BCUT2D eigenvalue weighted by atomic mass is 19.1. The first-order chi connectivity index (χ1) is 9.65. The Hall–Kier alpha value is -1.66. The van der Waals surface area contributed by atoms with Crippen molar-refractivity contribution in [2.75, 3.05) is 13.2 Å². The molecule has 118 valence electrons. The second-order valence-electron chi connectivity index (χ2n) is 6.01. The van der Waals surface area contributed by atoms with Crippen LogP contribution in [0.3, 0.4) is 0 Å². The Morgan fingerprint density at radius 1 is 1.33 bits per heavy atom. The summed E-state index contributed by atoms with van der Waals surface area (Å²) in [5, 5.41) is 22.0. The first kappa shape index (κ1) is 17.4. The molecule has 1 unspecified atom stereocenters. The monoisotopic (exact) mass is 299 g/mol. The molecule has 1 rings (SSSR count). The molecular weight excluding hydrogens is 277 g/mol. The fourth-order valence-corrected chi connectivity index (χ4v) is 1.72. The van der Waals surface area contributed by atoms with Gasteiger partial charge in [-0.25, -0.2) is 9.18 Å². The van der Waals surface area contributed by atoms with Crippen LogP contribution in [0.25, 0.3) is 0 Å². The fourth-order valence-electron chi connectivity index (χ4n) is 1.72. The van der Waals surface area contributed by atoms with E-state index < -0.39 is 29.7 Å². The minimum absolute atomic E-state index is 0.119. The predicted octanol–water partition coefficient (Wildman–Crippen LogP) is 1.62. The summed E-state index contributed by atoms with van der Waals surface area (Å²) in [6, 6.07) is 5.96. The predicted molar refractivity (Wildman–Crippen MR) is 76.4 cm³/mol. The van der Waals surface area contributed by atoms with Crippen molar-refractivity contribution < 1.29 is 24.1 Å². The van der Waals surface area contributed by atoms with E-state index in [1.165, 1.54) is 18.2 Å². The standard InChI is InChI=1S/C15H22FNO4/c1-14(2,3)21-13(19)17-9-15(20,10-18)8-11-6-4-5-7-12(11)16/h4-7,18,20H,8-10H2,1-3H3,(H,17,19). The number of aliphatic hydroxyl groups excluding tert-OH is 1. The van der Waals surface area contributed by atoms with E-state index in [1.807, 2.05) is 0 Å². The molecule has 1 atom stereocenters. The second kappa shape index (κ2) is 6.87. The smallest absolute Gasteiger partial charge is 0.407 e. The molecule has 1 aromatic rings. The third-order valence-corrected chi connectivity index (χ3v) is 2.73. The number of benzene rings is 1. The zero-order valence-corrected chi connectivity index (χ0v) is 12.5. The molecule has 0 heterocycles. The van der Waals surface area contributed by atoms with Gasteiger partial charge in [0.2, 0.25) is 0 Å². The first-order valence-corrected chi connectivity index (χ1v) is 6.69. The lowest BCUT2D eigenvalue weighted by molar-refractivity contribution is -0.0169. The van der Waals surface area contributed by atoms with E-state index in [0.717, 1.165) is 0 Å². The van der Waals surface area contributed by atoms with Gasteiger partial charge < -0.3 is 20.3 Å². The highest BCUT2D eigenvalue weighted by molar-refractivity contribution is 5.67. The van der Waals surface area contributed by atoms with Crippen molar-refractivity contribution in [1.82, 2.24) is 5.32 Å². The molecule has 0 aliphatic heterocycles. The summed E-state index contributed by atoms with van der Waals surface area (Å²) in [5.41, 5.74) is -2.05. The highest BCUT2D eigenvalue weighted by Crippen LogP contribution is 2.16. The summed E-state index contributed by atoms with van der Waals surface area (Å²) < 4.78 is 18.6. The number of amides is 1. The molecule has 0 saturated carbocycles. The van der Waals surface area contributed by atoms with E-state index in [4.69, 9.17) is 4.74 Å². The zero-order valence-electron chi connectivity index (χ0n) is 12.5. The van der Waals surface area contributed by atoms with Gasteiger partial charge in [0.25, 0.3) is 0 Å². The minimum Gasteiger partial charge on any atom is -0.444 e. The Balaban J connectivity index is 2.64. The van der Waals surface area contributed by atoms with Crippen LogP contribution in [0.2, 0.25) is 0 Å². The Morgan fingerprint density at radius 2 is 1.95 bits per heavy atom. The molecule has 0 bridgehead atoms. The van der Waals surface area contributed by atoms with Crippen LogP contribution in [0.1, 0.15) is 26.3 Å². The molecule has 0 saturated heterocycles. The third kappa shape index (κ3) is 6.10. The Labute approximate surface area is 123 Å². The van der Waals surface area contributed by atoms with Gasteiger partial charge in [0.1, 0.15) is 17.0 Å².